The van der Waals surface area contributed by atoms with Crippen molar-refractivity contribution in [3.8, 4) is 11.5 Å². The number of aromatic hydroxyl groups is 2. The molecule has 1 aliphatic rings. The molecule has 1 heterocycles. The monoisotopic (exact) mass is 279 g/mol. The summed E-state index contributed by atoms with van der Waals surface area (Å²) in [5.41, 5.74) is -0.986. The number of carbonyl (C=O) groups is 2. The third-order valence-corrected chi connectivity index (χ3v) is 3.75. The van der Waals surface area contributed by atoms with E-state index in [0.29, 0.717) is 19.4 Å². The molecule has 1 aromatic carbocycles. The topological polar surface area (TPSA) is 98.1 Å². The fourth-order valence-corrected chi connectivity index (χ4v) is 2.46. The number of carbonyl (C=O) groups excluding carboxylic acids is 1. The summed E-state index contributed by atoms with van der Waals surface area (Å²) in [6.45, 7) is 2.14. The average Bonchev–Trinajstić information content (AvgIpc) is 2.41. The highest BCUT2D eigenvalue weighted by Crippen LogP contribution is 2.33. The van der Waals surface area contributed by atoms with Crippen LogP contribution in [0.25, 0.3) is 0 Å². The van der Waals surface area contributed by atoms with Crippen molar-refractivity contribution in [2.45, 2.75) is 19.8 Å². The number of piperidine rings is 1. The van der Waals surface area contributed by atoms with Gasteiger partial charge in [0.15, 0.2) is 11.5 Å². The Kier molecular flexibility index (Phi) is 3.57. The summed E-state index contributed by atoms with van der Waals surface area (Å²) in [6.07, 6.45) is 1.10. The Balaban J connectivity index is 2.25. The minimum Gasteiger partial charge on any atom is -0.504 e. The van der Waals surface area contributed by atoms with Gasteiger partial charge in [-0.05, 0) is 31.9 Å². The van der Waals surface area contributed by atoms with Crippen LogP contribution in [0, 0.1) is 5.41 Å². The smallest absolute Gasteiger partial charge is 0.311 e. The second-order valence-corrected chi connectivity index (χ2v) is 5.37. The Morgan fingerprint density at radius 3 is 2.65 bits per heavy atom. The number of amides is 1. The Morgan fingerprint density at radius 2 is 2.00 bits per heavy atom. The van der Waals surface area contributed by atoms with Gasteiger partial charge < -0.3 is 20.2 Å². The number of phenols is 2. The number of aliphatic carboxylic acids is 1. The summed E-state index contributed by atoms with van der Waals surface area (Å²) < 4.78 is 0. The van der Waals surface area contributed by atoms with Crippen molar-refractivity contribution in [1.82, 2.24) is 4.90 Å². The van der Waals surface area contributed by atoms with E-state index in [9.17, 15) is 24.9 Å². The van der Waals surface area contributed by atoms with Crippen LogP contribution in [-0.2, 0) is 4.79 Å². The molecule has 0 aliphatic carbocycles. The molecule has 6 heteroatoms. The maximum atomic E-state index is 12.3. The summed E-state index contributed by atoms with van der Waals surface area (Å²) >= 11 is 0. The average molecular weight is 279 g/mol. The quantitative estimate of drug-likeness (QED) is 0.711. The number of hydrogen-bond donors (Lipinski definition) is 3. The summed E-state index contributed by atoms with van der Waals surface area (Å²) in [6, 6.07) is 4.15. The molecule has 20 heavy (non-hydrogen) atoms. The normalized spacial score (nSPS) is 22.6. The molecular weight excluding hydrogens is 262 g/mol. The molecule has 0 radical (unpaired) electrons. The molecule has 1 unspecified atom stereocenters. The van der Waals surface area contributed by atoms with Crippen molar-refractivity contribution < 1.29 is 24.9 Å². The Bertz CT molecular complexity index is 556. The minimum absolute atomic E-state index is 0.0142. The maximum absolute atomic E-state index is 12.3. The Labute approximate surface area is 116 Å². The van der Waals surface area contributed by atoms with Crippen molar-refractivity contribution >= 4 is 11.9 Å². The molecule has 6 nitrogen and oxygen atoms in total. The molecule has 1 aromatic rings. The summed E-state index contributed by atoms with van der Waals surface area (Å²) in [4.78, 5) is 25.0. The molecule has 0 saturated carbocycles. The molecule has 1 saturated heterocycles. The molecule has 3 N–H and O–H groups in total. The van der Waals surface area contributed by atoms with Crippen LogP contribution >= 0.6 is 0 Å². The van der Waals surface area contributed by atoms with Crippen LogP contribution in [0.4, 0.5) is 0 Å². The van der Waals surface area contributed by atoms with E-state index in [-0.39, 0.29) is 17.9 Å². The number of hydrogen-bond acceptors (Lipinski definition) is 4. The molecule has 0 aromatic heterocycles. The number of para-hydroxylation sites is 1. The molecule has 1 fully saturated rings. The predicted molar refractivity (Wildman–Crippen MR) is 70.7 cm³/mol. The van der Waals surface area contributed by atoms with Crippen molar-refractivity contribution in [2.75, 3.05) is 13.1 Å². The fourth-order valence-electron chi connectivity index (χ4n) is 2.46. The number of rotatable bonds is 2. The Hall–Kier alpha value is -2.24. The van der Waals surface area contributed by atoms with Gasteiger partial charge in [-0.2, -0.15) is 0 Å². The Morgan fingerprint density at radius 1 is 1.30 bits per heavy atom. The number of carboxylic acid groups (broad SMARTS) is 1. The van der Waals surface area contributed by atoms with Gasteiger partial charge in [0.05, 0.1) is 11.0 Å². The van der Waals surface area contributed by atoms with Crippen LogP contribution in [-0.4, -0.2) is 45.2 Å². The van der Waals surface area contributed by atoms with Gasteiger partial charge in [-0.15, -0.1) is 0 Å². The number of nitrogens with zero attached hydrogens (tertiary/aromatic N) is 1. The molecule has 0 bridgehead atoms. The molecule has 1 atom stereocenters. The van der Waals surface area contributed by atoms with Crippen LogP contribution in [0.15, 0.2) is 18.2 Å². The number of benzene rings is 1. The van der Waals surface area contributed by atoms with Gasteiger partial charge in [0.25, 0.3) is 5.91 Å². The molecule has 1 aliphatic heterocycles. The second kappa shape index (κ2) is 5.03. The largest absolute Gasteiger partial charge is 0.504 e. The van der Waals surface area contributed by atoms with E-state index in [1.54, 1.807) is 6.92 Å². The zero-order chi connectivity index (χ0) is 14.9. The van der Waals surface area contributed by atoms with E-state index in [2.05, 4.69) is 0 Å². The van der Waals surface area contributed by atoms with Crippen LogP contribution in [0.3, 0.4) is 0 Å². The highest BCUT2D eigenvalue weighted by Gasteiger charge is 2.39. The lowest BCUT2D eigenvalue weighted by molar-refractivity contribution is -0.150. The summed E-state index contributed by atoms with van der Waals surface area (Å²) in [7, 11) is 0. The van der Waals surface area contributed by atoms with Crippen molar-refractivity contribution in [2.24, 2.45) is 5.41 Å². The summed E-state index contributed by atoms with van der Waals surface area (Å²) in [5.74, 6) is -2.24. The SMILES string of the molecule is CC1(C(=O)O)CCCN(C(=O)c2cccc(O)c2O)C1. The van der Waals surface area contributed by atoms with Crippen LogP contribution in [0.1, 0.15) is 30.1 Å². The predicted octanol–water partition coefficient (Wildman–Crippen LogP) is 1.42. The number of carboxylic acids is 1. The van der Waals surface area contributed by atoms with Gasteiger partial charge in [0.1, 0.15) is 0 Å². The first-order valence-corrected chi connectivity index (χ1v) is 6.39. The molecule has 1 amide bonds. The van der Waals surface area contributed by atoms with E-state index in [1.807, 2.05) is 0 Å². The van der Waals surface area contributed by atoms with Crippen LogP contribution < -0.4 is 0 Å². The lowest BCUT2D eigenvalue weighted by Crippen LogP contribution is -2.48. The highest BCUT2D eigenvalue weighted by molar-refractivity contribution is 5.98. The zero-order valence-corrected chi connectivity index (χ0v) is 11.2. The third-order valence-electron chi connectivity index (χ3n) is 3.75. The van der Waals surface area contributed by atoms with E-state index < -0.39 is 23.0 Å². The van der Waals surface area contributed by atoms with Crippen molar-refractivity contribution in [3.05, 3.63) is 23.8 Å². The fraction of sp³-hybridized carbons (Fsp3) is 0.429. The molecular formula is C14H17NO5. The van der Waals surface area contributed by atoms with E-state index >= 15 is 0 Å². The number of likely N-dealkylation sites (tertiary alicyclic amines) is 1. The van der Waals surface area contributed by atoms with Gasteiger partial charge in [0, 0.05) is 13.1 Å². The maximum Gasteiger partial charge on any atom is 0.311 e. The van der Waals surface area contributed by atoms with Gasteiger partial charge in [0.2, 0.25) is 0 Å². The van der Waals surface area contributed by atoms with Gasteiger partial charge in [-0.3, -0.25) is 9.59 Å². The first-order valence-electron chi connectivity index (χ1n) is 6.39. The van der Waals surface area contributed by atoms with E-state index in [4.69, 9.17) is 0 Å². The zero-order valence-electron chi connectivity index (χ0n) is 11.2. The second-order valence-electron chi connectivity index (χ2n) is 5.37. The van der Waals surface area contributed by atoms with Crippen LogP contribution in [0.2, 0.25) is 0 Å². The van der Waals surface area contributed by atoms with Gasteiger partial charge in [-0.1, -0.05) is 6.07 Å². The number of phenolic OH excluding ortho intramolecular Hbond substituents is 2. The standard InChI is InChI=1S/C14H17NO5/c1-14(13(19)20)6-3-7-15(8-14)12(18)9-4-2-5-10(16)11(9)17/h2,4-5,16-17H,3,6-8H2,1H3,(H,19,20). The molecule has 108 valence electrons. The first kappa shape index (κ1) is 14.2. The van der Waals surface area contributed by atoms with Gasteiger partial charge >= 0.3 is 5.97 Å². The highest BCUT2D eigenvalue weighted by atomic mass is 16.4. The van der Waals surface area contributed by atoms with E-state index in [0.717, 1.165) is 0 Å². The van der Waals surface area contributed by atoms with E-state index in [1.165, 1.54) is 23.1 Å². The minimum atomic E-state index is -0.972. The van der Waals surface area contributed by atoms with Gasteiger partial charge in [-0.25, -0.2) is 0 Å². The summed E-state index contributed by atoms with van der Waals surface area (Å²) in [5, 5.41) is 28.4. The van der Waals surface area contributed by atoms with Crippen molar-refractivity contribution in [1.29, 1.82) is 0 Å². The molecule has 2 rings (SSSR count). The van der Waals surface area contributed by atoms with Crippen LogP contribution in [0.5, 0.6) is 11.5 Å². The third kappa shape index (κ3) is 2.41. The lowest BCUT2D eigenvalue weighted by Gasteiger charge is -2.37. The van der Waals surface area contributed by atoms with Crippen molar-refractivity contribution in [3.63, 3.8) is 0 Å². The lowest BCUT2D eigenvalue weighted by atomic mass is 9.82. The molecule has 0 spiro atoms. The first-order chi connectivity index (χ1) is 9.35.